The topological polar surface area (TPSA) is 34.1 Å². The van der Waals surface area contributed by atoms with Crippen LogP contribution in [0.1, 0.15) is 18.2 Å². The van der Waals surface area contributed by atoms with Crippen LogP contribution in [0.15, 0.2) is 24.4 Å². The molecule has 0 saturated carbocycles. The van der Waals surface area contributed by atoms with E-state index in [-0.39, 0.29) is 6.10 Å². The summed E-state index contributed by atoms with van der Waals surface area (Å²) in [6.07, 6.45) is 3.02. The summed E-state index contributed by atoms with van der Waals surface area (Å²) >= 11 is 0. The molecule has 1 N–H and O–H groups in total. The molecule has 0 radical (unpaired) electrons. The lowest BCUT2D eigenvalue weighted by Crippen LogP contribution is -2.20. The van der Waals surface area contributed by atoms with Gasteiger partial charge in [-0.15, -0.1) is 0 Å². The first-order chi connectivity index (χ1) is 6.47. The van der Waals surface area contributed by atoms with E-state index in [1.165, 1.54) is 0 Å². The molecule has 1 aromatic rings. The molecule has 13 heavy (non-hydrogen) atoms. The quantitative estimate of drug-likeness (QED) is 0.700. The molecule has 70 valence electrons. The van der Waals surface area contributed by atoms with E-state index in [0.717, 1.165) is 31.8 Å². The van der Waals surface area contributed by atoms with Gasteiger partial charge in [0.15, 0.2) is 0 Å². The molecule has 0 aliphatic carbocycles. The molecule has 2 heterocycles. The van der Waals surface area contributed by atoms with Crippen molar-refractivity contribution in [2.75, 3.05) is 19.7 Å². The van der Waals surface area contributed by atoms with Crippen LogP contribution in [0.3, 0.4) is 0 Å². The molecule has 3 nitrogen and oxygen atoms in total. The van der Waals surface area contributed by atoms with E-state index >= 15 is 0 Å². The molecule has 0 aromatic carbocycles. The Labute approximate surface area is 78.1 Å². The third-order valence-corrected chi connectivity index (χ3v) is 2.16. The average Bonchev–Trinajstić information content (AvgIpc) is 2.47. The van der Waals surface area contributed by atoms with E-state index < -0.39 is 0 Å². The second-order valence-corrected chi connectivity index (χ2v) is 3.17. The minimum atomic E-state index is 0.128. The van der Waals surface area contributed by atoms with Gasteiger partial charge in [-0.05, 0) is 25.1 Å². The first kappa shape index (κ1) is 8.66. The fourth-order valence-electron chi connectivity index (χ4n) is 1.47. The average molecular weight is 178 g/mol. The predicted molar refractivity (Wildman–Crippen MR) is 50.4 cm³/mol. The second-order valence-electron chi connectivity index (χ2n) is 3.17. The number of aromatic nitrogens is 1. The molecular formula is C10H14N2O. The van der Waals surface area contributed by atoms with Gasteiger partial charge in [-0.2, -0.15) is 0 Å². The van der Waals surface area contributed by atoms with E-state index in [0.29, 0.717) is 0 Å². The minimum Gasteiger partial charge on any atom is -0.371 e. The van der Waals surface area contributed by atoms with Crippen LogP contribution < -0.4 is 5.32 Å². The maximum atomic E-state index is 5.66. The van der Waals surface area contributed by atoms with Gasteiger partial charge >= 0.3 is 0 Å². The molecular weight excluding hydrogens is 164 g/mol. The van der Waals surface area contributed by atoms with Crippen molar-refractivity contribution in [2.24, 2.45) is 0 Å². The zero-order valence-electron chi connectivity index (χ0n) is 7.57. The van der Waals surface area contributed by atoms with Crippen molar-refractivity contribution in [1.82, 2.24) is 10.3 Å². The summed E-state index contributed by atoms with van der Waals surface area (Å²) in [5.74, 6) is 0. The van der Waals surface area contributed by atoms with E-state index in [1.54, 1.807) is 0 Å². The summed E-state index contributed by atoms with van der Waals surface area (Å²) in [6, 6.07) is 5.93. The maximum absolute atomic E-state index is 5.66. The lowest BCUT2D eigenvalue weighted by atomic mass is 10.2. The van der Waals surface area contributed by atoms with Crippen molar-refractivity contribution in [3.05, 3.63) is 30.1 Å². The van der Waals surface area contributed by atoms with Crippen LogP contribution in [0.2, 0.25) is 0 Å². The summed E-state index contributed by atoms with van der Waals surface area (Å²) in [6.45, 7) is 2.74. The number of pyridine rings is 1. The number of rotatable bonds is 1. The first-order valence-corrected chi connectivity index (χ1v) is 4.70. The smallest absolute Gasteiger partial charge is 0.112 e. The molecule has 1 aliphatic heterocycles. The highest BCUT2D eigenvalue weighted by Crippen LogP contribution is 2.15. The van der Waals surface area contributed by atoms with Gasteiger partial charge in [0.2, 0.25) is 0 Å². The normalized spacial score (nSPS) is 23.8. The van der Waals surface area contributed by atoms with Crippen LogP contribution in [0.5, 0.6) is 0 Å². The summed E-state index contributed by atoms with van der Waals surface area (Å²) < 4.78 is 5.66. The zero-order chi connectivity index (χ0) is 8.93. The van der Waals surface area contributed by atoms with Crippen molar-refractivity contribution in [3.8, 4) is 0 Å². The summed E-state index contributed by atoms with van der Waals surface area (Å²) in [4.78, 5) is 4.28. The first-order valence-electron chi connectivity index (χ1n) is 4.70. The fraction of sp³-hybridized carbons (Fsp3) is 0.500. The molecule has 0 bridgehead atoms. The third kappa shape index (κ3) is 2.26. The molecule has 0 spiro atoms. The minimum absolute atomic E-state index is 0.128. The molecule has 2 rings (SSSR count). The highest BCUT2D eigenvalue weighted by atomic mass is 16.5. The fourth-order valence-corrected chi connectivity index (χ4v) is 1.47. The number of ether oxygens (including phenoxy) is 1. The summed E-state index contributed by atoms with van der Waals surface area (Å²) in [5, 5.41) is 3.33. The number of hydrogen-bond acceptors (Lipinski definition) is 3. The van der Waals surface area contributed by atoms with Gasteiger partial charge in [-0.1, -0.05) is 6.07 Å². The summed E-state index contributed by atoms with van der Waals surface area (Å²) in [5.41, 5.74) is 1.02. The Morgan fingerprint density at radius 3 is 3.31 bits per heavy atom. The van der Waals surface area contributed by atoms with Gasteiger partial charge < -0.3 is 10.1 Å². The molecule has 1 aliphatic rings. The van der Waals surface area contributed by atoms with Gasteiger partial charge in [-0.25, -0.2) is 0 Å². The molecule has 1 aromatic heterocycles. The monoisotopic (exact) mass is 178 g/mol. The number of nitrogens with zero attached hydrogens (tertiary/aromatic N) is 1. The van der Waals surface area contributed by atoms with Crippen molar-refractivity contribution >= 4 is 0 Å². The lowest BCUT2D eigenvalue weighted by molar-refractivity contribution is 0.0639. The molecule has 3 heteroatoms. The largest absolute Gasteiger partial charge is 0.371 e. The van der Waals surface area contributed by atoms with Crippen molar-refractivity contribution < 1.29 is 4.74 Å². The van der Waals surface area contributed by atoms with Gasteiger partial charge in [0.25, 0.3) is 0 Å². The Bertz CT molecular complexity index is 242. The third-order valence-electron chi connectivity index (χ3n) is 2.16. The number of hydrogen-bond donors (Lipinski definition) is 1. The molecule has 1 fully saturated rings. The van der Waals surface area contributed by atoms with Gasteiger partial charge in [-0.3, -0.25) is 4.98 Å². The van der Waals surface area contributed by atoms with Crippen LogP contribution in [-0.4, -0.2) is 24.7 Å². The van der Waals surface area contributed by atoms with Crippen LogP contribution in [0.25, 0.3) is 0 Å². The van der Waals surface area contributed by atoms with Gasteiger partial charge in [0.05, 0.1) is 5.69 Å². The van der Waals surface area contributed by atoms with E-state index in [1.807, 2.05) is 24.4 Å². The molecule has 1 saturated heterocycles. The Hall–Kier alpha value is -0.930. The van der Waals surface area contributed by atoms with Crippen LogP contribution in [-0.2, 0) is 4.74 Å². The van der Waals surface area contributed by atoms with Crippen LogP contribution in [0.4, 0.5) is 0 Å². The second kappa shape index (κ2) is 4.35. The molecule has 0 amide bonds. The van der Waals surface area contributed by atoms with E-state index in [4.69, 9.17) is 4.74 Å². The highest BCUT2D eigenvalue weighted by Gasteiger charge is 2.14. The Kier molecular flexibility index (Phi) is 2.90. The Morgan fingerprint density at radius 2 is 2.46 bits per heavy atom. The van der Waals surface area contributed by atoms with Gasteiger partial charge in [0, 0.05) is 19.3 Å². The Morgan fingerprint density at radius 1 is 1.46 bits per heavy atom. The zero-order valence-corrected chi connectivity index (χ0v) is 7.57. The standard InChI is InChI=1S/C10H14N2O/c1-2-6-12-9(4-1)10-8-11-5-3-7-13-10/h1-2,4,6,10-11H,3,5,7-8H2. The highest BCUT2D eigenvalue weighted by molar-refractivity contribution is 5.07. The van der Waals surface area contributed by atoms with Crippen LogP contribution in [0, 0.1) is 0 Å². The van der Waals surface area contributed by atoms with Crippen LogP contribution >= 0.6 is 0 Å². The SMILES string of the molecule is c1ccc(C2CNCCCO2)nc1. The molecule has 1 unspecified atom stereocenters. The van der Waals surface area contributed by atoms with Crippen molar-refractivity contribution in [2.45, 2.75) is 12.5 Å². The summed E-state index contributed by atoms with van der Waals surface area (Å²) in [7, 11) is 0. The lowest BCUT2D eigenvalue weighted by Gasteiger charge is -2.13. The predicted octanol–water partition coefficient (Wildman–Crippen LogP) is 1.13. The molecule has 1 atom stereocenters. The Balaban J connectivity index is 2.06. The van der Waals surface area contributed by atoms with Crippen molar-refractivity contribution in [1.29, 1.82) is 0 Å². The van der Waals surface area contributed by atoms with E-state index in [2.05, 4.69) is 10.3 Å². The maximum Gasteiger partial charge on any atom is 0.112 e. The van der Waals surface area contributed by atoms with Crippen molar-refractivity contribution in [3.63, 3.8) is 0 Å². The number of nitrogens with one attached hydrogen (secondary N) is 1. The van der Waals surface area contributed by atoms with E-state index in [9.17, 15) is 0 Å². The van der Waals surface area contributed by atoms with Gasteiger partial charge in [0.1, 0.15) is 6.10 Å².